The molecule has 1 aromatic carbocycles. The second kappa shape index (κ2) is 6.89. The van der Waals surface area contributed by atoms with Gasteiger partial charge in [-0.25, -0.2) is 9.37 Å². The van der Waals surface area contributed by atoms with Crippen LogP contribution in [0.15, 0.2) is 30.5 Å². The van der Waals surface area contributed by atoms with E-state index in [-0.39, 0.29) is 5.82 Å². The zero-order valence-corrected chi connectivity index (χ0v) is 12.8. The SMILES string of the molecule is Fc1ccc(CNc2nccc(N3CCNCC3)n2)c(Cl)c1. The molecule has 2 heterocycles. The van der Waals surface area contributed by atoms with E-state index in [1.54, 1.807) is 12.3 Å². The van der Waals surface area contributed by atoms with Gasteiger partial charge in [-0.05, 0) is 23.8 Å². The highest BCUT2D eigenvalue weighted by molar-refractivity contribution is 6.31. The minimum Gasteiger partial charge on any atom is -0.354 e. The average Bonchev–Trinajstić information content (AvgIpc) is 2.55. The van der Waals surface area contributed by atoms with E-state index in [1.165, 1.54) is 12.1 Å². The molecule has 0 bridgehead atoms. The molecular weight excluding hydrogens is 305 g/mol. The van der Waals surface area contributed by atoms with Gasteiger partial charge in [-0.1, -0.05) is 17.7 Å². The van der Waals surface area contributed by atoms with Gasteiger partial charge in [0.25, 0.3) is 0 Å². The van der Waals surface area contributed by atoms with Gasteiger partial charge in [-0.3, -0.25) is 0 Å². The van der Waals surface area contributed by atoms with E-state index >= 15 is 0 Å². The zero-order chi connectivity index (χ0) is 15.4. The molecule has 0 atom stereocenters. The first-order valence-electron chi connectivity index (χ1n) is 7.19. The van der Waals surface area contributed by atoms with Crippen LogP contribution < -0.4 is 15.5 Å². The lowest BCUT2D eigenvalue weighted by Crippen LogP contribution is -2.43. The van der Waals surface area contributed by atoms with Gasteiger partial charge in [0, 0.05) is 43.9 Å². The summed E-state index contributed by atoms with van der Waals surface area (Å²) in [6, 6.07) is 6.25. The second-order valence-corrected chi connectivity index (χ2v) is 5.47. The first-order chi connectivity index (χ1) is 10.7. The van der Waals surface area contributed by atoms with Gasteiger partial charge in [0.05, 0.1) is 0 Å². The highest BCUT2D eigenvalue weighted by Gasteiger charge is 2.12. The van der Waals surface area contributed by atoms with Gasteiger partial charge in [-0.2, -0.15) is 4.98 Å². The maximum absolute atomic E-state index is 13.0. The Labute approximate surface area is 133 Å². The topological polar surface area (TPSA) is 53.1 Å². The van der Waals surface area contributed by atoms with Crippen molar-refractivity contribution in [1.29, 1.82) is 0 Å². The standard InChI is InChI=1S/C15H17ClFN5/c16-13-9-12(17)2-1-11(13)10-20-15-19-4-3-14(21-15)22-7-5-18-6-8-22/h1-4,9,18H,5-8,10H2,(H,19,20,21). The van der Waals surface area contributed by atoms with Crippen LogP contribution in [-0.2, 0) is 6.54 Å². The first kappa shape index (κ1) is 15.0. The molecule has 0 amide bonds. The molecule has 0 spiro atoms. The molecule has 1 aliphatic rings. The molecule has 2 aromatic rings. The molecule has 0 aliphatic carbocycles. The summed E-state index contributed by atoms with van der Waals surface area (Å²) in [5.41, 5.74) is 0.805. The molecular formula is C15H17ClFN5. The maximum Gasteiger partial charge on any atom is 0.224 e. The van der Waals surface area contributed by atoms with Crippen LogP contribution >= 0.6 is 11.6 Å². The lowest BCUT2D eigenvalue weighted by atomic mass is 10.2. The number of rotatable bonds is 4. The third kappa shape index (κ3) is 3.64. The molecule has 0 unspecified atom stereocenters. The van der Waals surface area contributed by atoms with E-state index in [2.05, 4.69) is 25.5 Å². The third-order valence-corrected chi connectivity index (χ3v) is 3.89. The number of nitrogens with one attached hydrogen (secondary N) is 2. The Balaban J connectivity index is 1.67. The lowest BCUT2D eigenvalue weighted by Gasteiger charge is -2.28. The average molecular weight is 322 g/mol. The van der Waals surface area contributed by atoms with Crippen LogP contribution in [-0.4, -0.2) is 36.1 Å². The summed E-state index contributed by atoms with van der Waals surface area (Å²) in [5, 5.41) is 6.83. The number of benzene rings is 1. The predicted molar refractivity (Wildman–Crippen MR) is 85.9 cm³/mol. The van der Waals surface area contributed by atoms with Crippen molar-refractivity contribution in [2.24, 2.45) is 0 Å². The van der Waals surface area contributed by atoms with E-state index < -0.39 is 0 Å². The molecule has 1 aliphatic heterocycles. The van der Waals surface area contributed by atoms with Crippen molar-refractivity contribution in [3.8, 4) is 0 Å². The number of anilines is 2. The lowest BCUT2D eigenvalue weighted by molar-refractivity contribution is 0.584. The van der Waals surface area contributed by atoms with Crippen molar-refractivity contribution in [2.75, 3.05) is 36.4 Å². The normalized spacial score (nSPS) is 14.9. The smallest absolute Gasteiger partial charge is 0.224 e. The molecule has 5 nitrogen and oxygen atoms in total. The van der Waals surface area contributed by atoms with Gasteiger partial charge in [0.15, 0.2) is 0 Å². The van der Waals surface area contributed by atoms with Gasteiger partial charge in [-0.15, -0.1) is 0 Å². The van der Waals surface area contributed by atoms with Crippen molar-refractivity contribution in [1.82, 2.24) is 15.3 Å². The van der Waals surface area contributed by atoms with Crippen molar-refractivity contribution in [3.05, 3.63) is 46.9 Å². The van der Waals surface area contributed by atoms with Crippen LogP contribution in [0.1, 0.15) is 5.56 Å². The van der Waals surface area contributed by atoms with Crippen molar-refractivity contribution >= 4 is 23.4 Å². The largest absolute Gasteiger partial charge is 0.354 e. The van der Waals surface area contributed by atoms with E-state index in [0.717, 1.165) is 37.6 Å². The Morgan fingerprint density at radius 1 is 1.27 bits per heavy atom. The molecule has 7 heteroatoms. The fourth-order valence-corrected chi connectivity index (χ4v) is 2.58. The number of hydrogen-bond acceptors (Lipinski definition) is 5. The first-order valence-corrected chi connectivity index (χ1v) is 7.57. The van der Waals surface area contributed by atoms with Crippen LogP contribution in [0.3, 0.4) is 0 Å². The monoisotopic (exact) mass is 321 g/mol. The van der Waals surface area contributed by atoms with Gasteiger partial charge < -0.3 is 15.5 Å². The Hall–Kier alpha value is -1.92. The summed E-state index contributed by atoms with van der Waals surface area (Å²) in [6.45, 7) is 4.22. The molecule has 116 valence electrons. The number of nitrogens with zero attached hydrogens (tertiary/aromatic N) is 3. The molecule has 1 saturated heterocycles. The van der Waals surface area contributed by atoms with Gasteiger partial charge in [0.2, 0.25) is 5.95 Å². The van der Waals surface area contributed by atoms with E-state index in [1.807, 2.05) is 6.07 Å². The molecule has 1 fully saturated rings. The van der Waals surface area contributed by atoms with Crippen LogP contribution in [0.4, 0.5) is 16.2 Å². The van der Waals surface area contributed by atoms with E-state index in [4.69, 9.17) is 11.6 Å². The quantitative estimate of drug-likeness (QED) is 0.905. The minimum atomic E-state index is -0.342. The van der Waals surface area contributed by atoms with Crippen LogP contribution in [0.25, 0.3) is 0 Å². The zero-order valence-electron chi connectivity index (χ0n) is 12.0. The second-order valence-electron chi connectivity index (χ2n) is 5.06. The summed E-state index contributed by atoms with van der Waals surface area (Å²) in [7, 11) is 0. The van der Waals surface area contributed by atoms with Crippen LogP contribution in [0.5, 0.6) is 0 Å². The highest BCUT2D eigenvalue weighted by Crippen LogP contribution is 2.19. The molecule has 1 aromatic heterocycles. The fraction of sp³-hybridized carbons (Fsp3) is 0.333. The summed E-state index contributed by atoms with van der Waals surface area (Å²) < 4.78 is 13.0. The summed E-state index contributed by atoms with van der Waals surface area (Å²) in [4.78, 5) is 10.9. The predicted octanol–water partition coefficient (Wildman–Crippen LogP) is 2.29. The Kier molecular flexibility index (Phi) is 4.70. The maximum atomic E-state index is 13.0. The molecule has 0 radical (unpaired) electrons. The summed E-state index contributed by atoms with van der Waals surface area (Å²) in [5.74, 6) is 1.10. The van der Waals surface area contributed by atoms with Crippen molar-refractivity contribution < 1.29 is 4.39 Å². The number of piperazine rings is 1. The Bertz CT molecular complexity index is 646. The van der Waals surface area contributed by atoms with Crippen LogP contribution in [0.2, 0.25) is 5.02 Å². The Morgan fingerprint density at radius 2 is 2.09 bits per heavy atom. The van der Waals surface area contributed by atoms with Gasteiger partial charge in [0.1, 0.15) is 11.6 Å². The third-order valence-electron chi connectivity index (χ3n) is 3.53. The van der Waals surface area contributed by atoms with Crippen molar-refractivity contribution in [2.45, 2.75) is 6.54 Å². The Morgan fingerprint density at radius 3 is 2.86 bits per heavy atom. The van der Waals surface area contributed by atoms with Crippen molar-refractivity contribution in [3.63, 3.8) is 0 Å². The highest BCUT2D eigenvalue weighted by atomic mass is 35.5. The summed E-state index contributed by atoms with van der Waals surface area (Å²) in [6.07, 6.45) is 1.74. The number of halogens is 2. The molecule has 3 rings (SSSR count). The number of hydrogen-bond donors (Lipinski definition) is 2. The summed E-state index contributed by atoms with van der Waals surface area (Å²) >= 11 is 6.01. The molecule has 2 N–H and O–H groups in total. The molecule has 22 heavy (non-hydrogen) atoms. The van der Waals surface area contributed by atoms with Gasteiger partial charge >= 0.3 is 0 Å². The van der Waals surface area contributed by atoms with E-state index in [0.29, 0.717) is 17.5 Å². The minimum absolute atomic E-state index is 0.342. The number of aromatic nitrogens is 2. The fourth-order valence-electron chi connectivity index (χ4n) is 2.34. The van der Waals surface area contributed by atoms with E-state index in [9.17, 15) is 4.39 Å². The van der Waals surface area contributed by atoms with Crippen LogP contribution in [0, 0.1) is 5.82 Å². The molecule has 0 saturated carbocycles.